The fourth-order valence-corrected chi connectivity index (χ4v) is 5.17. The molecule has 0 aliphatic rings. The highest BCUT2D eigenvalue weighted by molar-refractivity contribution is 4.67. The predicted molar refractivity (Wildman–Crippen MR) is 154 cm³/mol. The molecule has 0 aromatic carbocycles. The third kappa shape index (κ3) is 26.7. The van der Waals surface area contributed by atoms with Crippen molar-refractivity contribution in [2.75, 3.05) is 13.2 Å². The lowest BCUT2D eigenvalue weighted by Crippen LogP contribution is -2.23. The zero-order valence-corrected chi connectivity index (χ0v) is 24.3. The van der Waals surface area contributed by atoms with Gasteiger partial charge in [-0.25, -0.2) is 0 Å². The molecule has 2 atom stereocenters. The number of aliphatic hydroxyl groups is 2. The Hall–Kier alpha value is -0.120. The minimum Gasteiger partial charge on any atom is -0.396 e. The highest BCUT2D eigenvalue weighted by Crippen LogP contribution is 2.23. The van der Waals surface area contributed by atoms with Crippen LogP contribution in [-0.4, -0.2) is 35.6 Å². The van der Waals surface area contributed by atoms with Crippen molar-refractivity contribution in [3.8, 4) is 0 Å². The molecular formula is C32H66O3. The van der Waals surface area contributed by atoms with E-state index in [0.717, 1.165) is 25.7 Å². The zero-order valence-electron chi connectivity index (χ0n) is 24.3. The second-order valence-corrected chi connectivity index (χ2v) is 11.1. The molecule has 0 saturated heterocycles. The van der Waals surface area contributed by atoms with Crippen LogP contribution >= 0.6 is 0 Å². The number of unbranched alkanes of at least 4 members (excludes halogenated alkanes) is 18. The summed E-state index contributed by atoms with van der Waals surface area (Å²) in [5.41, 5.74) is 0. The van der Waals surface area contributed by atoms with E-state index in [1.807, 2.05) is 0 Å². The number of aliphatic hydroxyl groups excluding tert-OH is 2. The van der Waals surface area contributed by atoms with Crippen LogP contribution in [-0.2, 0) is 4.74 Å². The smallest absolute Gasteiger partial charge is 0.0578 e. The van der Waals surface area contributed by atoms with Crippen LogP contribution in [0, 0.1) is 0 Å². The van der Waals surface area contributed by atoms with Gasteiger partial charge in [0, 0.05) is 13.2 Å². The van der Waals surface area contributed by atoms with Crippen molar-refractivity contribution in [2.45, 2.75) is 193 Å². The molecule has 0 saturated carbocycles. The summed E-state index contributed by atoms with van der Waals surface area (Å²) in [5, 5.41) is 18.2. The van der Waals surface area contributed by atoms with Crippen LogP contribution < -0.4 is 0 Å². The summed E-state index contributed by atoms with van der Waals surface area (Å²) >= 11 is 0. The Morgan fingerprint density at radius 1 is 0.371 bits per heavy atom. The maximum absolute atomic E-state index is 9.08. The molecule has 212 valence electrons. The molecule has 0 spiro atoms. The van der Waals surface area contributed by atoms with Crippen LogP contribution in [0.3, 0.4) is 0 Å². The van der Waals surface area contributed by atoms with E-state index in [2.05, 4.69) is 13.8 Å². The summed E-state index contributed by atoms with van der Waals surface area (Å²) in [6, 6.07) is 0. The molecule has 0 aliphatic heterocycles. The molecule has 0 rings (SSSR count). The first-order valence-electron chi connectivity index (χ1n) is 16.2. The van der Waals surface area contributed by atoms with Gasteiger partial charge in [0.1, 0.15) is 0 Å². The Balaban J connectivity index is 4.54. The lowest BCUT2D eigenvalue weighted by Gasteiger charge is -2.26. The topological polar surface area (TPSA) is 49.7 Å². The third-order valence-electron chi connectivity index (χ3n) is 7.51. The fourth-order valence-electron chi connectivity index (χ4n) is 5.17. The SMILES string of the molecule is CCCCCCCCCC(CCCCCCO)OC(CCCCCCO)CCCCCCCCC. The number of hydrogen-bond acceptors (Lipinski definition) is 3. The predicted octanol–water partition coefficient (Wildman–Crippen LogP) is 9.91. The van der Waals surface area contributed by atoms with Gasteiger partial charge in [0.25, 0.3) is 0 Å². The largest absolute Gasteiger partial charge is 0.396 e. The summed E-state index contributed by atoms with van der Waals surface area (Å²) in [6.07, 6.45) is 33.9. The van der Waals surface area contributed by atoms with Crippen molar-refractivity contribution in [1.29, 1.82) is 0 Å². The Kier molecular flexibility index (Phi) is 30.0. The van der Waals surface area contributed by atoms with Gasteiger partial charge in [0.05, 0.1) is 12.2 Å². The lowest BCUT2D eigenvalue weighted by atomic mass is 9.99. The maximum Gasteiger partial charge on any atom is 0.0578 e. The highest BCUT2D eigenvalue weighted by Gasteiger charge is 2.17. The molecule has 0 amide bonds. The van der Waals surface area contributed by atoms with Gasteiger partial charge in [-0.1, -0.05) is 142 Å². The molecule has 0 aromatic rings. The maximum atomic E-state index is 9.08. The van der Waals surface area contributed by atoms with Crippen molar-refractivity contribution in [1.82, 2.24) is 0 Å². The van der Waals surface area contributed by atoms with E-state index in [1.165, 1.54) is 141 Å². The molecule has 0 bridgehead atoms. The summed E-state index contributed by atoms with van der Waals surface area (Å²) < 4.78 is 6.86. The molecule has 0 aromatic heterocycles. The monoisotopic (exact) mass is 499 g/mol. The van der Waals surface area contributed by atoms with Gasteiger partial charge in [-0.15, -0.1) is 0 Å². The van der Waals surface area contributed by atoms with E-state index in [-0.39, 0.29) is 0 Å². The molecule has 0 radical (unpaired) electrons. The molecule has 35 heavy (non-hydrogen) atoms. The summed E-state index contributed by atoms with van der Waals surface area (Å²) in [7, 11) is 0. The third-order valence-corrected chi connectivity index (χ3v) is 7.51. The number of hydrogen-bond donors (Lipinski definition) is 2. The van der Waals surface area contributed by atoms with E-state index in [0.29, 0.717) is 25.4 Å². The number of ether oxygens (including phenoxy) is 1. The molecule has 2 N–H and O–H groups in total. The first-order valence-corrected chi connectivity index (χ1v) is 16.2. The van der Waals surface area contributed by atoms with E-state index in [9.17, 15) is 0 Å². The Morgan fingerprint density at radius 2 is 0.629 bits per heavy atom. The van der Waals surface area contributed by atoms with Crippen LogP contribution in [0.1, 0.15) is 181 Å². The summed E-state index contributed by atoms with van der Waals surface area (Å²) in [6.45, 7) is 5.24. The van der Waals surface area contributed by atoms with Crippen LogP contribution in [0.5, 0.6) is 0 Å². The second kappa shape index (κ2) is 30.1. The summed E-state index contributed by atoms with van der Waals surface area (Å²) in [4.78, 5) is 0. The molecule has 0 fully saturated rings. The Labute approximate surface area is 221 Å². The Morgan fingerprint density at radius 3 is 0.914 bits per heavy atom. The van der Waals surface area contributed by atoms with Gasteiger partial charge >= 0.3 is 0 Å². The standard InChI is InChI=1S/C32H66O3/c1-3-5-7-9-11-13-19-25-31(27-21-15-17-23-29-33)35-32(28-22-16-18-24-30-34)26-20-14-12-10-8-6-4-2/h31-34H,3-30H2,1-2H3. The minimum absolute atomic E-state index is 0.328. The zero-order chi connectivity index (χ0) is 25.7. The molecule has 0 aliphatic carbocycles. The van der Waals surface area contributed by atoms with Crippen molar-refractivity contribution in [3.63, 3.8) is 0 Å². The first kappa shape index (κ1) is 34.9. The van der Waals surface area contributed by atoms with E-state index >= 15 is 0 Å². The van der Waals surface area contributed by atoms with Gasteiger partial charge in [0.2, 0.25) is 0 Å². The van der Waals surface area contributed by atoms with Crippen LogP contribution in [0.4, 0.5) is 0 Å². The van der Waals surface area contributed by atoms with Crippen LogP contribution in [0.25, 0.3) is 0 Å². The van der Waals surface area contributed by atoms with E-state index in [4.69, 9.17) is 14.9 Å². The van der Waals surface area contributed by atoms with Crippen LogP contribution in [0.2, 0.25) is 0 Å². The van der Waals surface area contributed by atoms with Crippen LogP contribution in [0.15, 0.2) is 0 Å². The summed E-state index contributed by atoms with van der Waals surface area (Å²) in [5.74, 6) is 0. The van der Waals surface area contributed by atoms with Crippen molar-refractivity contribution >= 4 is 0 Å². The van der Waals surface area contributed by atoms with Gasteiger partial charge in [0.15, 0.2) is 0 Å². The lowest BCUT2D eigenvalue weighted by molar-refractivity contribution is -0.0324. The molecule has 2 unspecified atom stereocenters. The highest BCUT2D eigenvalue weighted by atomic mass is 16.5. The average Bonchev–Trinajstić information content (AvgIpc) is 2.86. The Bertz CT molecular complexity index is 340. The molecule has 0 heterocycles. The van der Waals surface area contributed by atoms with E-state index in [1.54, 1.807) is 0 Å². The van der Waals surface area contributed by atoms with Gasteiger partial charge < -0.3 is 14.9 Å². The fraction of sp³-hybridized carbons (Fsp3) is 1.00. The van der Waals surface area contributed by atoms with E-state index < -0.39 is 0 Å². The molecule has 3 heteroatoms. The first-order chi connectivity index (χ1) is 17.3. The van der Waals surface area contributed by atoms with Crippen molar-refractivity contribution < 1.29 is 14.9 Å². The number of rotatable bonds is 30. The minimum atomic E-state index is 0.328. The van der Waals surface area contributed by atoms with Gasteiger partial charge in [-0.2, -0.15) is 0 Å². The quantitative estimate of drug-likeness (QED) is 0.0968. The molecular weight excluding hydrogens is 432 g/mol. The van der Waals surface area contributed by atoms with Crippen molar-refractivity contribution in [2.24, 2.45) is 0 Å². The second-order valence-electron chi connectivity index (χ2n) is 11.1. The van der Waals surface area contributed by atoms with Gasteiger partial charge in [-0.05, 0) is 38.5 Å². The average molecular weight is 499 g/mol. The van der Waals surface area contributed by atoms with Crippen molar-refractivity contribution in [3.05, 3.63) is 0 Å². The normalized spacial score (nSPS) is 13.4. The molecule has 3 nitrogen and oxygen atoms in total. The van der Waals surface area contributed by atoms with Gasteiger partial charge in [-0.3, -0.25) is 0 Å².